The first-order valence-electron chi connectivity index (χ1n) is 11.6. The summed E-state index contributed by atoms with van der Waals surface area (Å²) in [6.45, 7) is 10.2. The molecule has 1 fully saturated rings. The fourth-order valence-electron chi connectivity index (χ4n) is 4.29. The molecule has 8 nitrogen and oxygen atoms in total. The Balaban J connectivity index is 1.80. The van der Waals surface area contributed by atoms with Gasteiger partial charge in [-0.3, -0.25) is 9.59 Å². The summed E-state index contributed by atoms with van der Waals surface area (Å²) in [4.78, 5) is 42.5. The van der Waals surface area contributed by atoms with Gasteiger partial charge in [0.25, 0.3) is 5.91 Å². The van der Waals surface area contributed by atoms with Crippen molar-refractivity contribution in [3.8, 4) is 0 Å². The molecule has 1 aromatic heterocycles. The van der Waals surface area contributed by atoms with Crippen molar-refractivity contribution in [2.24, 2.45) is 5.92 Å². The van der Waals surface area contributed by atoms with E-state index in [0.29, 0.717) is 0 Å². The SMILES string of the molecule is CC(C)(C)OC(=O)C[C@H]1CCCC[C@H]1Nc1nc(Cl)c2c(c1F)CN(C(=O)OC(C)(C)C)C2=O. The first kappa shape index (κ1) is 26.2. The van der Waals surface area contributed by atoms with Gasteiger partial charge in [0.05, 0.1) is 18.5 Å². The smallest absolute Gasteiger partial charge is 0.417 e. The van der Waals surface area contributed by atoms with E-state index in [0.717, 1.165) is 30.6 Å². The number of amides is 2. The van der Waals surface area contributed by atoms with Crippen LogP contribution in [-0.4, -0.2) is 45.1 Å². The van der Waals surface area contributed by atoms with Gasteiger partial charge in [0.1, 0.15) is 16.4 Å². The van der Waals surface area contributed by atoms with Crippen molar-refractivity contribution in [1.82, 2.24) is 9.88 Å². The first-order valence-corrected chi connectivity index (χ1v) is 11.9. The van der Waals surface area contributed by atoms with Gasteiger partial charge in [-0.1, -0.05) is 24.4 Å². The lowest BCUT2D eigenvalue weighted by atomic mass is 9.82. The normalized spacial score (nSPS) is 20.7. The summed E-state index contributed by atoms with van der Waals surface area (Å²) in [6.07, 6.45) is 2.75. The fourth-order valence-corrected chi connectivity index (χ4v) is 4.57. The molecular formula is C24H33ClFN3O5. The van der Waals surface area contributed by atoms with Gasteiger partial charge < -0.3 is 14.8 Å². The van der Waals surface area contributed by atoms with Crippen molar-refractivity contribution >= 4 is 35.4 Å². The number of ether oxygens (including phenoxy) is 2. The number of hydrogen-bond donors (Lipinski definition) is 1. The number of rotatable bonds is 4. The average Bonchev–Trinajstić information content (AvgIpc) is 3.03. The Kier molecular flexibility index (Phi) is 7.45. The van der Waals surface area contributed by atoms with Gasteiger partial charge in [0.2, 0.25) is 0 Å². The number of aromatic nitrogens is 1. The van der Waals surface area contributed by atoms with Gasteiger partial charge in [-0.05, 0) is 60.3 Å². The van der Waals surface area contributed by atoms with Gasteiger partial charge >= 0.3 is 12.1 Å². The van der Waals surface area contributed by atoms with E-state index in [1.54, 1.807) is 20.8 Å². The molecule has 1 aliphatic heterocycles. The van der Waals surface area contributed by atoms with E-state index < -0.39 is 29.0 Å². The van der Waals surface area contributed by atoms with Crippen LogP contribution < -0.4 is 5.32 Å². The average molecular weight is 498 g/mol. The lowest BCUT2D eigenvalue weighted by Crippen LogP contribution is -2.37. The molecular weight excluding hydrogens is 465 g/mol. The molecule has 3 rings (SSSR count). The zero-order valence-corrected chi connectivity index (χ0v) is 21.3. The number of fused-ring (bicyclic) bond motifs is 1. The van der Waals surface area contributed by atoms with Crippen molar-refractivity contribution in [3.05, 3.63) is 22.1 Å². The van der Waals surface area contributed by atoms with Crippen molar-refractivity contribution in [3.63, 3.8) is 0 Å². The number of carbonyl (C=O) groups is 3. The molecule has 0 unspecified atom stereocenters. The van der Waals surface area contributed by atoms with Crippen molar-refractivity contribution < 1.29 is 28.2 Å². The second-order valence-corrected chi connectivity index (χ2v) is 11.2. The van der Waals surface area contributed by atoms with Crippen LogP contribution in [0, 0.1) is 11.7 Å². The number of carbonyl (C=O) groups excluding carboxylic acids is 3. The zero-order valence-electron chi connectivity index (χ0n) is 20.6. The largest absolute Gasteiger partial charge is 0.460 e. The quantitative estimate of drug-likeness (QED) is 0.435. The van der Waals surface area contributed by atoms with Crippen LogP contribution >= 0.6 is 11.6 Å². The minimum atomic E-state index is -0.872. The predicted octanol–water partition coefficient (Wildman–Crippen LogP) is 5.47. The minimum Gasteiger partial charge on any atom is -0.460 e. The summed E-state index contributed by atoms with van der Waals surface area (Å²) >= 11 is 6.26. The Morgan fingerprint density at radius 3 is 2.35 bits per heavy atom. The molecule has 2 amide bonds. The van der Waals surface area contributed by atoms with Gasteiger partial charge in [0.15, 0.2) is 11.6 Å². The van der Waals surface area contributed by atoms with Gasteiger partial charge in [-0.15, -0.1) is 0 Å². The Hall–Kier alpha value is -2.42. The van der Waals surface area contributed by atoms with Crippen molar-refractivity contribution in [2.75, 3.05) is 5.32 Å². The van der Waals surface area contributed by atoms with Crippen LogP contribution in [0.15, 0.2) is 0 Å². The van der Waals surface area contributed by atoms with Crippen LogP contribution in [0.3, 0.4) is 0 Å². The van der Waals surface area contributed by atoms with E-state index >= 15 is 4.39 Å². The highest BCUT2D eigenvalue weighted by Crippen LogP contribution is 2.36. The Labute approximate surface area is 204 Å². The molecule has 1 N–H and O–H groups in total. The Morgan fingerprint density at radius 2 is 1.74 bits per heavy atom. The number of pyridine rings is 1. The second kappa shape index (κ2) is 9.68. The number of imide groups is 1. The minimum absolute atomic E-state index is 0.00198. The highest BCUT2D eigenvalue weighted by molar-refractivity contribution is 6.33. The topological polar surface area (TPSA) is 97.8 Å². The van der Waals surface area contributed by atoms with Crippen LogP contribution in [-0.2, 0) is 20.8 Å². The fraction of sp³-hybridized carbons (Fsp3) is 0.667. The molecule has 0 radical (unpaired) electrons. The highest BCUT2D eigenvalue weighted by Gasteiger charge is 2.40. The van der Waals surface area contributed by atoms with E-state index in [2.05, 4.69) is 10.3 Å². The van der Waals surface area contributed by atoms with Crippen molar-refractivity contribution in [1.29, 1.82) is 0 Å². The molecule has 34 heavy (non-hydrogen) atoms. The molecule has 2 atom stereocenters. The summed E-state index contributed by atoms with van der Waals surface area (Å²) in [5, 5.41) is 2.93. The summed E-state index contributed by atoms with van der Waals surface area (Å²) in [7, 11) is 0. The third-order valence-corrected chi connectivity index (χ3v) is 5.93. The van der Waals surface area contributed by atoms with Gasteiger partial charge in [-0.25, -0.2) is 19.1 Å². The molecule has 2 aliphatic rings. The predicted molar refractivity (Wildman–Crippen MR) is 125 cm³/mol. The van der Waals surface area contributed by atoms with Crippen LogP contribution in [0.1, 0.15) is 89.6 Å². The third kappa shape index (κ3) is 6.17. The van der Waals surface area contributed by atoms with Crippen molar-refractivity contribution in [2.45, 2.75) is 97.4 Å². The van der Waals surface area contributed by atoms with E-state index in [1.165, 1.54) is 0 Å². The third-order valence-electron chi connectivity index (χ3n) is 5.66. The number of nitrogens with zero attached hydrogens (tertiary/aromatic N) is 2. The Bertz CT molecular complexity index is 986. The lowest BCUT2D eigenvalue weighted by Gasteiger charge is -2.33. The van der Waals surface area contributed by atoms with E-state index in [-0.39, 0.29) is 53.0 Å². The molecule has 1 aliphatic carbocycles. The maximum absolute atomic E-state index is 15.5. The van der Waals surface area contributed by atoms with Gasteiger partial charge in [-0.2, -0.15) is 0 Å². The highest BCUT2D eigenvalue weighted by atomic mass is 35.5. The Morgan fingerprint density at radius 1 is 1.12 bits per heavy atom. The molecule has 1 aromatic rings. The molecule has 0 bridgehead atoms. The number of halogens is 2. The lowest BCUT2D eigenvalue weighted by molar-refractivity contribution is -0.156. The summed E-state index contributed by atoms with van der Waals surface area (Å²) in [5.41, 5.74) is -1.53. The van der Waals surface area contributed by atoms with Gasteiger partial charge in [0, 0.05) is 11.6 Å². The molecule has 188 valence electrons. The summed E-state index contributed by atoms with van der Waals surface area (Å²) < 4.78 is 26.2. The maximum Gasteiger partial charge on any atom is 0.417 e. The molecule has 0 spiro atoms. The molecule has 2 heterocycles. The monoisotopic (exact) mass is 497 g/mol. The van der Waals surface area contributed by atoms with Crippen LogP contribution in [0.2, 0.25) is 5.15 Å². The first-order chi connectivity index (χ1) is 15.7. The van der Waals surface area contributed by atoms with E-state index in [4.69, 9.17) is 21.1 Å². The van der Waals surface area contributed by atoms with Crippen LogP contribution in [0.25, 0.3) is 0 Å². The van der Waals surface area contributed by atoms with Crippen LogP contribution in [0.4, 0.5) is 15.0 Å². The maximum atomic E-state index is 15.5. The molecule has 0 saturated heterocycles. The number of esters is 1. The number of anilines is 1. The number of nitrogens with one attached hydrogen (secondary N) is 1. The molecule has 10 heteroatoms. The summed E-state index contributed by atoms with van der Waals surface area (Å²) in [5.74, 6) is -1.93. The standard InChI is InChI=1S/C24H33ClFN3O5/c1-23(2,3)33-16(30)11-13-9-7-8-10-15(13)27-20-18(26)14-12-29(22(32)34-24(4,5)6)21(31)17(14)19(25)28-20/h13,15H,7-12H2,1-6H3,(H,27,28)/t13-,15-/m1/s1. The zero-order chi connectivity index (χ0) is 25.4. The molecule has 0 aromatic carbocycles. The second-order valence-electron chi connectivity index (χ2n) is 10.9. The summed E-state index contributed by atoms with van der Waals surface area (Å²) in [6, 6.07) is -0.212. The number of hydrogen-bond acceptors (Lipinski definition) is 7. The van der Waals surface area contributed by atoms with Crippen LogP contribution in [0.5, 0.6) is 0 Å². The molecule has 1 saturated carbocycles. The van der Waals surface area contributed by atoms with E-state index in [1.807, 2.05) is 20.8 Å². The van der Waals surface area contributed by atoms with E-state index in [9.17, 15) is 14.4 Å².